The highest BCUT2D eigenvalue weighted by atomic mass is 32.2. The van der Waals surface area contributed by atoms with Crippen molar-refractivity contribution in [3.05, 3.63) is 33.9 Å². The summed E-state index contributed by atoms with van der Waals surface area (Å²) in [6.07, 6.45) is 2.82. The number of nitro benzene ring substituents is 1. The third kappa shape index (κ3) is 4.41. The molecule has 0 heterocycles. The van der Waals surface area contributed by atoms with Crippen LogP contribution in [0.1, 0.15) is 23.7 Å². The summed E-state index contributed by atoms with van der Waals surface area (Å²) in [7, 11) is 1.70. The van der Waals surface area contributed by atoms with Crippen LogP contribution < -0.4 is 10.6 Å². The molecule has 0 radical (unpaired) electrons. The van der Waals surface area contributed by atoms with Crippen LogP contribution in [0.3, 0.4) is 0 Å². The van der Waals surface area contributed by atoms with Crippen molar-refractivity contribution in [3.8, 4) is 0 Å². The predicted octanol–water partition coefficient (Wildman–Crippen LogP) is 2.51. The summed E-state index contributed by atoms with van der Waals surface area (Å²) in [6.45, 7) is 1.89. The maximum Gasteiger partial charge on any atom is 0.282 e. The summed E-state index contributed by atoms with van der Waals surface area (Å²) in [6, 6.07) is 4.39. The van der Waals surface area contributed by atoms with E-state index in [1.165, 1.54) is 12.1 Å². The topological polar surface area (TPSA) is 84.3 Å². The molecule has 2 N–H and O–H groups in total. The van der Waals surface area contributed by atoms with Gasteiger partial charge in [-0.3, -0.25) is 14.9 Å². The van der Waals surface area contributed by atoms with E-state index in [1.54, 1.807) is 24.9 Å². The Bertz CT molecular complexity index is 494. The zero-order valence-corrected chi connectivity index (χ0v) is 12.6. The molecule has 0 saturated heterocycles. The van der Waals surface area contributed by atoms with Gasteiger partial charge in [0.1, 0.15) is 5.56 Å². The monoisotopic (exact) mass is 297 g/mol. The fourth-order valence-electron chi connectivity index (χ4n) is 1.70. The quantitative estimate of drug-likeness (QED) is 0.596. The second kappa shape index (κ2) is 7.74. The molecule has 1 rings (SSSR count). The number of anilines is 1. The molecule has 0 aliphatic heterocycles. The zero-order valence-electron chi connectivity index (χ0n) is 11.8. The first-order chi connectivity index (χ1) is 9.49. The van der Waals surface area contributed by atoms with Gasteiger partial charge in [0.05, 0.1) is 4.92 Å². The van der Waals surface area contributed by atoms with Crippen molar-refractivity contribution in [2.45, 2.75) is 19.4 Å². The van der Waals surface area contributed by atoms with Gasteiger partial charge in [0.15, 0.2) is 0 Å². The molecule has 20 heavy (non-hydrogen) atoms. The van der Waals surface area contributed by atoms with Crippen LogP contribution in [-0.4, -0.2) is 35.9 Å². The molecule has 6 nitrogen and oxygen atoms in total. The van der Waals surface area contributed by atoms with Crippen LogP contribution >= 0.6 is 11.8 Å². The summed E-state index contributed by atoms with van der Waals surface area (Å²) < 4.78 is 0. The number of benzene rings is 1. The van der Waals surface area contributed by atoms with Crippen molar-refractivity contribution in [3.63, 3.8) is 0 Å². The van der Waals surface area contributed by atoms with Crippen LogP contribution in [0.2, 0.25) is 0 Å². The van der Waals surface area contributed by atoms with Crippen molar-refractivity contribution < 1.29 is 9.72 Å². The Labute approximate surface area is 122 Å². The smallest absolute Gasteiger partial charge is 0.282 e. The average molecular weight is 297 g/mol. The van der Waals surface area contributed by atoms with E-state index >= 15 is 0 Å². The van der Waals surface area contributed by atoms with Gasteiger partial charge in [-0.1, -0.05) is 0 Å². The summed E-state index contributed by atoms with van der Waals surface area (Å²) in [4.78, 5) is 22.6. The van der Waals surface area contributed by atoms with Crippen LogP contribution in [0, 0.1) is 10.1 Å². The third-order valence-electron chi connectivity index (χ3n) is 2.86. The number of amides is 1. The highest BCUT2D eigenvalue weighted by Crippen LogP contribution is 2.22. The Morgan fingerprint density at radius 3 is 2.75 bits per heavy atom. The first kappa shape index (κ1) is 16.3. The molecule has 0 bridgehead atoms. The molecule has 1 aromatic rings. The van der Waals surface area contributed by atoms with Crippen molar-refractivity contribution in [2.24, 2.45) is 0 Å². The molecule has 1 atom stereocenters. The normalized spacial score (nSPS) is 11.8. The number of nitrogens with one attached hydrogen (secondary N) is 2. The summed E-state index contributed by atoms with van der Waals surface area (Å²) >= 11 is 1.70. The van der Waals surface area contributed by atoms with Gasteiger partial charge < -0.3 is 10.6 Å². The number of hydrogen-bond donors (Lipinski definition) is 2. The van der Waals surface area contributed by atoms with E-state index in [-0.39, 0.29) is 17.3 Å². The van der Waals surface area contributed by atoms with E-state index in [0.717, 1.165) is 12.2 Å². The molecular weight excluding hydrogens is 278 g/mol. The number of carbonyl (C=O) groups is 1. The Balaban J connectivity index is 2.92. The molecule has 0 fully saturated rings. The van der Waals surface area contributed by atoms with Gasteiger partial charge in [-0.25, -0.2) is 0 Å². The predicted molar refractivity (Wildman–Crippen MR) is 82.6 cm³/mol. The van der Waals surface area contributed by atoms with E-state index in [2.05, 4.69) is 10.6 Å². The number of rotatable bonds is 7. The fourth-order valence-corrected chi connectivity index (χ4v) is 2.29. The van der Waals surface area contributed by atoms with E-state index < -0.39 is 10.8 Å². The SMILES string of the molecule is CNc1ccc([N+](=O)[O-])c(C(=O)NC(C)CCSC)c1. The average Bonchev–Trinajstić information content (AvgIpc) is 2.44. The molecular formula is C13H19N3O3S. The Kier molecular flexibility index (Phi) is 6.30. The van der Waals surface area contributed by atoms with Crippen molar-refractivity contribution >= 4 is 29.0 Å². The first-order valence-electron chi connectivity index (χ1n) is 6.25. The second-order valence-electron chi connectivity index (χ2n) is 4.40. The Morgan fingerprint density at radius 1 is 1.50 bits per heavy atom. The van der Waals surface area contributed by atoms with Crippen molar-refractivity contribution in [1.82, 2.24) is 5.32 Å². The minimum absolute atomic E-state index is 0.0206. The lowest BCUT2D eigenvalue weighted by Crippen LogP contribution is -2.33. The Hall–Kier alpha value is -1.76. The van der Waals surface area contributed by atoms with Gasteiger partial charge in [-0.2, -0.15) is 11.8 Å². The van der Waals surface area contributed by atoms with Gasteiger partial charge in [0.25, 0.3) is 11.6 Å². The lowest BCUT2D eigenvalue weighted by atomic mass is 10.1. The molecule has 1 aromatic carbocycles. The summed E-state index contributed by atoms with van der Waals surface area (Å²) in [5.74, 6) is 0.516. The number of nitro groups is 1. The van der Waals surface area contributed by atoms with Gasteiger partial charge >= 0.3 is 0 Å². The van der Waals surface area contributed by atoms with Gasteiger partial charge in [0, 0.05) is 24.8 Å². The molecule has 0 spiro atoms. The maximum absolute atomic E-state index is 12.2. The molecule has 1 unspecified atom stereocenters. The van der Waals surface area contributed by atoms with Crippen molar-refractivity contribution in [1.29, 1.82) is 0 Å². The largest absolute Gasteiger partial charge is 0.388 e. The van der Waals surface area contributed by atoms with Gasteiger partial charge in [0.2, 0.25) is 0 Å². The van der Waals surface area contributed by atoms with Gasteiger partial charge in [-0.15, -0.1) is 0 Å². The summed E-state index contributed by atoms with van der Waals surface area (Å²) in [5.41, 5.74) is 0.564. The highest BCUT2D eigenvalue weighted by molar-refractivity contribution is 7.98. The molecule has 1 amide bonds. The second-order valence-corrected chi connectivity index (χ2v) is 5.38. The van der Waals surface area contributed by atoms with Crippen LogP contribution in [-0.2, 0) is 0 Å². The molecule has 0 aliphatic rings. The number of thioether (sulfide) groups is 1. The van der Waals surface area contributed by atoms with Crippen LogP contribution in [0.15, 0.2) is 18.2 Å². The van der Waals surface area contributed by atoms with Gasteiger partial charge in [-0.05, 0) is 37.5 Å². The number of nitrogens with zero attached hydrogens (tertiary/aromatic N) is 1. The van der Waals surface area contributed by atoms with Crippen molar-refractivity contribution in [2.75, 3.05) is 24.4 Å². The van der Waals surface area contributed by atoms with E-state index in [4.69, 9.17) is 0 Å². The lowest BCUT2D eigenvalue weighted by Gasteiger charge is -2.13. The third-order valence-corrected chi connectivity index (χ3v) is 3.50. The number of carbonyl (C=O) groups excluding carboxylic acids is 1. The fraction of sp³-hybridized carbons (Fsp3) is 0.462. The molecule has 7 heteroatoms. The number of hydrogen-bond acceptors (Lipinski definition) is 5. The lowest BCUT2D eigenvalue weighted by molar-refractivity contribution is -0.385. The molecule has 0 aliphatic carbocycles. The van der Waals surface area contributed by atoms with E-state index in [9.17, 15) is 14.9 Å². The highest BCUT2D eigenvalue weighted by Gasteiger charge is 2.21. The van der Waals surface area contributed by atoms with E-state index in [1.807, 2.05) is 13.2 Å². The molecule has 110 valence electrons. The minimum atomic E-state index is -0.541. The zero-order chi connectivity index (χ0) is 15.1. The van der Waals surface area contributed by atoms with E-state index in [0.29, 0.717) is 5.69 Å². The maximum atomic E-state index is 12.2. The van der Waals surface area contributed by atoms with Crippen LogP contribution in [0.4, 0.5) is 11.4 Å². The van der Waals surface area contributed by atoms with Crippen LogP contribution in [0.5, 0.6) is 0 Å². The Morgan fingerprint density at radius 2 is 2.20 bits per heavy atom. The molecule has 0 saturated carbocycles. The molecule has 0 aromatic heterocycles. The standard InChI is InChI=1S/C13H19N3O3S/c1-9(6-7-20-3)15-13(17)11-8-10(14-2)4-5-12(11)16(18)19/h4-5,8-9,14H,6-7H2,1-3H3,(H,15,17). The minimum Gasteiger partial charge on any atom is -0.388 e. The first-order valence-corrected chi connectivity index (χ1v) is 7.65. The summed E-state index contributed by atoms with van der Waals surface area (Å²) in [5, 5.41) is 16.6. The van der Waals surface area contributed by atoms with Crippen LogP contribution in [0.25, 0.3) is 0 Å².